The molecule has 1 aromatic heterocycles. The molecule has 0 aliphatic rings. The fourth-order valence-electron chi connectivity index (χ4n) is 1.42. The molecule has 0 unspecified atom stereocenters. The summed E-state index contributed by atoms with van der Waals surface area (Å²) in [7, 11) is 0.968. The van der Waals surface area contributed by atoms with Crippen LogP contribution in [-0.4, -0.2) is 23.2 Å². The van der Waals surface area contributed by atoms with Crippen molar-refractivity contribution in [2.45, 2.75) is 19.0 Å². The zero-order valence-electron chi connectivity index (χ0n) is 9.46. The van der Waals surface area contributed by atoms with Crippen molar-refractivity contribution in [2.24, 2.45) is 0 Å². The molecule has 0 atom stereocenters. The van der Waals surface area contributed by atoms with Gasteiger partial charge in [-0.25, -0.2) is 13.8 Å². The summed E-state index contributed by atoms with van der Waals surface area (Å²) >= 11 is 0. The van der Waals surface area contributed by atoms with Gasteiger partial charge in [0.15, 0.2) is 5.69 Å². The number of hydrogen-bond acceptors (Lipinski definition) is 3. The lowest BCUT2D eigenvalue weighted by Gasteiger charge is -2.15. The molecular weight excluding hydrogens is 277 g/mol. The Morgan fingerprint density at radius 1 is 1.47 bits per heavy atom. The topological polar surface area (TPSA) is 59.4 Å². The van der Waals surface area contributed by atoms with Crippen LogP contribution in [0.1, 0.15) is 23.2 Å². The number of carboxylic acids is 1. The van der Waals surface area contributed by atoms with E-state index in [0.717, 1.165) is 7.11 Å². The molecule has 0 aliphatic heterocycles. The zero-order chi connectivity index (χ0) is 14.8. The first-order chi connectivity index (χ1) is 8.66. The maximum Gasteiger partial charge on any atom is 0.433 e. The quantitative estimate of drug-likeness (QED) is 0.864. The molecule has 0 saturated heterocycles. The third-order valence-corrected chi connectivity index (χ3v) is 2.13. The maximum absolute atomic E-state index is 12.6. The fraction of sp³-hybridized carbons (Fsp3) is 0.400. The van der Waals surface area contributed by atoms with Crippen molar-refractivity contribution in [1.82, 2.24) is 4.98 Å². The van der Waals surface area contributed by atoms with Crippen LogP contribution in [0.15, 0.2) is 6.07 Å². The number of nitrogens with zero attached hydrogens (tertiary/aromatic N) is 1. The summed E-state index contributed by atoms with van der Waals surface area (Å²) in [6, 6.07) is 0.452. The number of carbonyl (C=O) groups is 1. The van der Waals surface area contributed by atoms with Gasteiger partial charge in [-0.05, 0) is 6.07 Å². The third-order valence-electron chi connectivity index (χ3n) is 2.13. The van der Waals surface area contributed by atoms with Crippen LogP contribution in [0.5, 0.6) is 5.88 Å². The molecule has 0 aromatic carbocycles. The molecule has 106 valence electrons. The molecule has 0 fully saturated rings. The highest BCUT2D eigenvalue weighted by atomic mass is 19.4. The monoisotopic (exact) mass is 285 g/mol. The molecule has 0 amide bonds. The largest absolute Gasteiger partial charge is 0.481 e. The molecule has 1 heterocycles. The zero-order valence-corrected chi connectivity index (χ0v) is 9.46. The molecule has 4 nitrogen and oxygen atoms in total. The number of ether oxygens (including phenoxy) is 1. The molecule has 0 radical (unpaired) electrons. The Kier molecular flexibility index (Phi) is 4.28. The van der Waals surface area contributed by atoms with Crippen molar-refractivity contribution in [2.75, 3.05) is 7.11 Å². The minimum Gasteiger partial charge on any atom is -0.481 e. The van der Waals surface area contributed by atoms with Crippen LogP contribution in [0.4, 0.5) is 22.0 Å². The summed E-state index contributed by atoms with van der Waals surface area (Å²) in [4.78, 5) is 13.5. The van der Waals surface area contributed by atoms with E-state index in [-0.39, 0.29) is 5.56 Å². The fourth-order valence-corrected chi connectivity index (χ4v) is 1.42. The Bertz CT molecular complexity index is 487. The van der Waals surface area contributed by atoms with Gasteiger partial charge in [0.25, 0.3) is 6.43 Å². The van der Waals surface area contributed by atoms with Crippen LogP contribution < -0.4 is 4.74 Å². The lowest BCUT2D eigenvalue weighted by atomic mass is 10.1. The van der Waals surface area contributed by atoms with E-state index in [1.165, 1.54) is 0 Å². The van der Waals surface area contributed by atoms with Crippen molar-refractivity contribution in [3.63, 3.8) is 0 Å². The van der Waals surface area contributed by atoms with Crippen LogP contribution >= 0.6 is 0 Å². The van der Waals surface area contributed by atoms with Gasteiger partial charge >= 0.3 is 12.1 Å². The van der Waals surface area contributed by atoms with E-state index in [0.29, 0.717) is 6.07 Å². The second-order valence-electron chi connectivity index (χ2n) is 3.46. The number of aliphatic carboxylic acids is 1. The van der Waals surface area contributed by atoms with Crippen molar-refractivity contribution >= 4 is 5.97 Å². The van der Waals surface area contributed by atoms with E-state index < -0.39 is 42.1 Å². The van der Waals surface area contributed by atoms with Gasteiger partial charge < -0.3 is 9.84 Å². The van der Waals surface area contributed by atoms with Crippen LogP contribution in [0.2, 0.25) is 0 Å². The smallest absolute Gasteiger partial charge is 0.433 e. The lowest BCUT2D eigenvalue weighted by molar-refractivity contribution is -0.143. The molecular formula is C10H8F5NO3. The van der Waals surface area contributed by atoms with E-state index in [9.17, 15) is 26.7 Å². The van der Waals surface area contributed by atoms with Gasteiger partial charge in [0.2, 0.25) is 5.88 Å². The van der Waals surface area contributed by atoms with Gasteiger partial charge in [-0.3, -0.25) is 4.79 Å². The maximum atomic E-state index is 12.6. The third kappa shape index (κ3) is 3.52. The Hall–Kier alpha value is -1.93. The van der Waals surface area contributed by atoms with Gasteiger partial charge in [0.05, 0.1) is 13.5 Å². The summed E-state index contributed by atoms with van der Waals surface area (Å²) in [5.74, 6) is -2.04. The first kappa shape index (κ1) is 15.1. The molecule has 0 bridgehead atoms. The number of methoxy groups -OCH3 is 1. The Labute approximate surface area is 103 Å². The van der Waals surface area contributed by atoms with Crippen LogP contribution in [0.25, 0.3) is 0 Å². The number of aromatic nitrogens is 1. The van der Waals surface area contributed by atoms with Gasteiger partial charge in [-0.15, -0.1) is 0 Å². The second-order valence-corrected chi connectivity index (χ2v) is 3.46. The molecule has 0 aliphatic carbocycles. The molecule has 1 aromatic rings. The standard InChI is InChI=1S/C10H8F5NO3/c1-19-9-4(3-6(17)18)2-5(8(11)12)7(16-9)10(13,14)15/h2,8H,3H2,1H3,(H,17,18). The second kappa shape index (κ2) is 5.37. The Balaban J connectivity index is 3.46. The van der Waals surface area contributed by atoms with E-state index in [1.54, 1.807) is 0 Å². The Morgan fingerprint density at radius 2 is 2.05 bits per heavy atom. The summed E-state index contributed by atoms with van der Waals surface area (Å²) in [5, 5.41) is 8.55. The highest BCUT2D eigenvalue weighted by Crippen LogP contribution is 2.37. The van der Waals surface area contributed by atoms with Crippen molar-refractivity contribution in [1.29, 1.82) is 0 Å². The summed E-state index contributed by atoms with van der Waals surface area (Å²) < 4.78 is 67.3. The average Bonchev–Trinajstić information content (AvgIpc) is 2.26. The number of pyridine rings is 1. The normalized spacial score (nSPS) is 11.7. The van der Waals surface area contributed by atoms with Gasteiger partial charge in [0, 0.05) is 11.1 Å². The first-order valence-electron chi connectivity index (χ1n) is 4.81. The van der Waals surface area contributed by atoms with E-state index >= 15 is 0 Å². The number of hydrogen-bond donors (Lipinski definition) is 1. The van der Waals surface area contributed by atoms with E-state index in [4.69, 9.17) is 5.11 Å². The van der Waals surface area contributed by atoms with E-state index in [1.807, 2.05) is 0 Å². The minimum atomic E-state index is -5.08. The Morgan fingerprint density at radius 3 is 2.42 bits per heavy atom. The first-order valence-corrected chi connectivity index (χ1v) is 4.81. The van der Waals surface area contributed by atoms with Crippen LogP contribution in [0, 0.1) is 0 Å². The van der Waals surface area contributed by atoms with Gasteiger partial charge in [-0.1, -0.05) is 0 Å². The molecule has 9 heteroatoms. The van der Waals surface area contributed by atoms with Gasteiger partial charge in [-0.2, -0.15) is 13.2 Å². The summed E-state index contributed by atoms with van der Waals surface area (Å²) in [6.07, 6.45) is -9.28. The van der Waals surface area contributed by atoms with Crippen LogP contribution in [-0.2, 0) is 17.4 Å². The van der Waals surface area contributed by atoms with Crippen LogP contribution in [0.3, 0.4) is 0 Å². The van der Waals surface area contributed by atoms with Gasteiger partial charge in [0.1, 0.15) is 0 Å². The lowest BCUT2D eigenvalue weighted by Crippen LogP contribution is -2.15. The summed E-state index contributed by atoms with van der Waals surface area (Å²) in [6.45, 7) is 0. The predicted molar refractivity (Wildman–Crippen MR) is 52.1 cm³/mol. The molecule has 0 saturated carbocycles. The predicted octanol–water partition coefficient (Wildman–Crippen LogP) is 2.67. The highest BCUT2D eigenvalue weighted by molar-refractivity contribution is 5.71. The minimum absolute atomic E-state index is 0.349. The average molecular weight is 285 g/mol. The SMILES string of the molecule is COc1nc(C(F)(F)F)c(C(F)F)cc1CC(=O)O. The number of carboxylic acid groups (broad SMARTS) is 1. The number of alkyl halides is 5. The highest BCUT2D eigenvalue weighted by Gasteiger charge is 2.39. The van der Waals surface area contributed by atoms with Crippen molar-refractivity contribution in [3.05, 3.63) is 22.9 Å². The van der Waals surface area contributed by atoms with E-state index in [2.05, 4.69) is 9.72 Å². The number of rotatable bonds is 4. The molecule has 0 spiro atoms. The molecule has 1 N–H and O–H groups in total. The van der Waals surface area contributed by atoms with Crippen molar-refractivity contribution in [3.8, 4) is 5.88 Å². The molecule has 1 rings (SSSR count). The van der Waals surface area contributed by atoms with Crippen molar-refractivity contribution < 1.29 is 36.6 Å². The number of halogens is 5. The summed E-state index contributed by atoms with van der Waals surface area (Å²) in [5.41, 5.74) is -3.50. The molecule has 19 heavy (non-hydrogen) atoms.